The Kier molecular flexibility index (Phi) is 10.7. The van der Waals surface area contributed by atoms with Crippen molar-refractivity contribution in [3.63, 3.8) is 0 Å². The van der Waals surface area contributed by atoms with E-state index in [1.807, 2.05) is 20.8 Å². The van der Waals surface area contributed by atoms with E-state index in [2.05, 4.69) is 15.0 Å². The molecular weight excluding hydrogens is 513 g/mol. The van der Waals surface area contributed by atoms with Crippen LogP contribution in [0.3, 0.4) is 0 Å². The maximum Gasteiger partial charge on any atom is 0.415 e. The fraction of sp³-hybridized carbons (Fsp3) is 0.667. The molecular formula is C24H37F3N2O7Si. The second kappa shape index (κ2) is 12.2. The van der Waals surface area contributed by atoms with E-state index in [1.54, 1.807) is 13.1 Å². The van der Waals surface area contributed by atoms with Crippen molar-refractivity contribution in [3.05, 3.63) is 33.2 Å². The third-order valence-electron chi connectivity index (χ3n) is 6.32. The molecule has 0 bridgehead atoms. The first-order chi connectivity index (χ1) is 16.8. The van der Waals surface area contributed by atoms with Crippen molar-refractivity contribution in [1.82, 2.24) is 10.3 Å². The first-order valence-electron chi connectivity index (χ1n) is 11.8. The first kappa shape index (κ1) is 32.4. The minimum Gasteiger partial charge on any atom is -0.465 e. The van der Waals surface area contributed by atoms with Gasteiger partial charge in [0, 0.05) is 6.20 Å². The van der Waals surface area contributed by atoms with Gasteiger partial charge in [0.2, 0.25) is 5.91 Å². The predicted molar refractivity (Wildman–Crippen MR) is 133 cm³/mol. The Morgan fingerprint density at radius 2 is 1.65 bits per heavy atom. The summed E-state index contributed by atoms with van der Waals surface area (Å²) >= 11 is 0. The van der Waals surface area contributed by atoms with Gasteiger partial charge in [-0.05, 0) is 36.5 Å². The lowest BCUT2D eigenvalue weighted by Gasteiger charge is -2.42. The molecule has 0 aliphatic heterocycles. The molecule has 0 aliphatic rings. The molecule has 2 N–H and O–H groups in total. The summed E-state index contributed by atoms with van der Waals surface area (Å²) in [5, 5.41) is 1.88. The van der Waals surface area contributed by atoms with E-state index in [0.717, 1.165) is 13.3 Å². The maximum absolute atomic E-state index is 14.2. The molecule has 1 aromatic rings. The number of halogens is 3. The highest BCUT2D eigenvalue weighted by Gasteiger charge is 2.52. The summed E-state index contributed by atoms with van der Waals surface area (Å²) in [6.07, 6.45) is -6.63. The monoisotopic (exact) mass is 550 g/mol. The second-order valence-corrected chi connectivity index (χ2v) is 15.2. The minimum absolute atomic E-state index is 0.0919. The number of aromatic nitrogens is 1. The van der Waals surface area contributed by atoms with Gasteiger partial charge in [-0.3, -0.25) is 9.59 Å². The van der Waals surface area contributed by atoms with Crippen molar-refractivity contribution in [2.24, 2.45) is 5.92 Å². The highest BCUT2D eigenvalue weighted by Crippen LogP contribution is 2.41. The first-order valence-corrected chi connectivity index (χ1v) is 14.7. The van der Waals surface area contributed by atoms with Crippen molar-refractivity contribution in [3.8, 4) is 0 Å². The van der Waals surface area contributed by atoms with Crippen LogP contribution in [0.5, 0.6) is 0 Å². The summed E-state index contributed by atoms with van der Waals surface area (Å²) in [6, 6.07) is -1.45. The van der Waals surface area contributed by atoms with Crippen molar-refractivity contribution < 1.29 is 41.5 Å². The number of rotatable bonds is 10. The third kappa shape index (κ3) is 8.16. The normalized spacial score (nSPS) is 14.2. The number of ether oxygens (including phenoxy) is 2. The fourth-order valence-corrected chi connectivity index (χ4v) is 4.55. The highest BCUT2D eigenvalue weighted by molar-refractivity contribution is 6.74. The molecule has 1 amide bonds. The number of hydrogen-bond acceptors (Lipinski definition) is 7. The summed E-state index contributed by atoms with van der Waals surface area (Å²) in [7, 11) is -1.90. The summed E-state index contributed by atoms with van der Waals surface area (Å²) in [5.41, 5.74) is -2.22. The van der Waals surface area contributed by atoms with E-state index in [4.69, 9.17) is 9.16 Å². The molecule has 0 radical (unpaired) electrons. The molecule has 1 aromatic heterocycles. The number of hydrogen-bond donors (Lipinski definition) is 2. The van der Waals surface area contributed by atoms with E-state index < -0.39 is 78.5 Å². The van der Waals surface area contributed by atoms with Crippen LogP contribution in [0.1, 0.15) is 67.8 Å². The number of nitrogens with one attached hydrogen (secondary N) is 2. The lowest BCUT2D eigenvalue weighted by atomic mass is 9.96. The molecule has 0 aromatic carbocycles. The van der Waals surface area contributed by atoms with Gasteiger partial charge in [-0.25, -0.2) is 9.59 Å². The molecule has 0 saturated carbocycles. The molecule has 1 heterocycles. The number of carbonyl (C=O) groups is 3. The van der Waals surface area contributed by atoms with Crippen LogP contribution in [0, 0.1) is 5.92 Å². The molecule has 1 rings (SSSR count). The third-order valence-corrected chi connectivity index (χ3v) is 10.8. The Bertz CT molecular complexity index is 1050. The Labute approximate surface area is 215 Å². The number of H-pyrrole nitrogens is 1. The summed E-state index contributed by atoms with van der Waals surface area (Å²) in [5.74, 6) is -3.73. The zero-order valence-corrected chi connectivity index (χ0v) is 23.7. The second-order valence-electron chi connectivity index (χ2n) is 10.5. The zero-order valence-electron chi connectivity index (χ0n) is 22.7. The molecule has 0 saturated heterocycles. The van der Waals surface area contributed by atoms with E-state index in [9.17, 15) is 32.3 Å². The lowest BCUT2D eigenvalue weighted by molar-refractivity contribution is -0.210. The molecule has 2 unspecified atom stereocenters. The van der Waals surface area contributed by atoms with Gasteiger partial charge in [-0.1, -0.05) is 34.6 Å². The van der Waals surface area contributed by atoms with Crippen LogP contribution in [0.4, 0.5) is 13.2 Å². The van der Waals surface area contributed by atoms with E-state index in [1.165, 1.54) is 20.8 Å². The number of aromatic amines is 1. The largest absolute Gasteiger partial charge is 0.465 e. The average Bonchev–Trinajstić information content (AvgIpc) is 2.74. The smallest absolute Gasteiger partial charge is 0.415 e. The maximum atomic E-state index is 14.2. The number of alkyl halides is 3. The quantitative estimate of drug-likeness (QED) is 0.334. The molecule has 0 spiro atoms. The highest BCUT2D eigenvalue weighted by atomic mass is 28.4. The summed E-state index contributed by atoms with van der Waals surface area (Å²) in [6.45, 7) is 13.3. The van der Waals surface area contributed by atoms with Gasteiger partial charge in [0.05, 0.1) is 31.7 Å². The molecule has 37 heavy (non-hydrogen) atoms. The topological polar surface area (TPSA) is 124 Å². The number of esters is 2. The van der Waals surface area contributed by atoms with Crippen LogP contribution in [-0.2, 0) is 25.1 Å². The number of methoxy groups -OCH3 is 1. The van der Waals surface area contributed by atoms with E-state index in [0.29, 0.717) is 0 Å². The van der Waals surface area contributed by atoms with Gasteiger partial charge < -0.3 is 24.2 Å². The Morgan fingerprint density at radius 1 is 1.08 bits per heavy atom. The summed E-state index contributed by atoms with van der Waals surface area (Å²) < 4.78 is 57.8. The van der Waals surface area contributed by atoms with Crippen molar-refractivity contribution in [2.45, 2.75) is 84.4 Å². The molecule has 210 valence electrons. The Balaban J connectivity index is 3.46. The van der Waals surface area contributed by atoms with Crippen LogP contribution >= 0.6 is 0 Å². The van der Waals surface area contributed by atoms with Gasteiger partial charge >= 0.3 is 18.1 Å². The average molecular weight is 551 g/mol. The van der Waals surface area contributed by atoms with Gasteiger partial charge in [-0.15, -0.1) is 0 Å². The molecule has 0 aliphatic carbocycles. The number of amides is 1. The van der Waals surface area contributed by atoms with Crippen LogP contribution in [-0.4, -0.2) is 63.2 Å². The fourth-order valence-electron chi connectivity index (χ4n) is 3.28. The minimum atomic E-state index is -4.77. The summed E-state index contributed by atoms with van der Waals surface area (Å²) in [4.78, 5) is 52.3. The van der Waals surface area contributed by atoms with Crippen molar-refractivity contribution >= 4 is 26.2 Å². The lowest BCUT2D eigenvalue weighted by Crippen LogP contribution is -2.59. The SMILES string of the molecule is CCOC(=O)c1c(CC(=O)NC(C(C)C)C(O[Si](C)(C)C(C)(C)C)C(F)(F)F)c[nH]c(=O)c1C(=O)OC. The van der Waals surface area contributed by atoms with Crippen LogP contribution in [0.15, 0.2) is 11.0 Å². The van der Waals surface area contributed by atoms with Crippen molar-refractivity contribution in [1.29, 1.82) is 0 Å². The van der Waals surface area contributed by atoms with Gasteiger partial charge in [0.25, 0.3) is 5.56 Å². The van der Waals surface area contributed by atoms with Crippen LogP contribution in [0.25, 0.3) is 0 Å². The van der Waals surface area contributed by atoms with E-state index >= 15 is 0 Å². The standard InChI is InChI=1S/C24H37F3N2O7Si/c1-10-35-22(33)16-14(12-28-20(31)17(16)21(32)34-7)11-15(30)29-18(13(2)3)19(24(25,26)27)36-37(8,9)23(4,5)6/h12-13,18-19H,10-11H2,1-9H3,(H,28,31)(H,29,30). The molecule has 0 fully saturated rings. The number of carbonyl (C=O) groups excluding carboxylic acids is 3. The molecule has 13 heteroatoms. The molecule has 2 atom stereocenters. The Morgan fingerprint density at radius 3 is 2.08 bits per heavy atom. The molecule has 9 nitrogen and oxygen atoms in total. The van der Waals surface area contributed by atoms with Gasteiger partial charge in [0.15, 0.2) is 14.4 Å². The van der Waals surface area contributed by atoms with Gasteiger partial charge in [-0.2, -0.15) is 13.2 Å². The van der Waals surface area contributed by atoms with Crippen molar-refractivity contribution in [2.75, 3.05) is 13.7 Å². The van der Waals surface area contributed by atoms with Gasteiger partial charge in [0.1, 0.15) is 5.56 Å². The predicted octanol–water partition coefficient (Wildman–Crippen LogP) is 3.97. The van der Waals surface area contributed by atoms with E-state index in [-0.39, 0.29) is 12.2 Å². The number of pyridine rings is 1. The Hall–Kier alpha value is -2.67. The van der Waals surface area contributed by atoms with Crippen LogP contribution < -0.4 is 10.9 Å². The zero-order chi connectivity index (χ0) is 28.9. The van der Waals surface area contributed by atoms with Crippen LogP contribution in [0.2, 0.25) is 18.1 Å².